The minimum absolute atomic E-state index is 0.0962. The molecule has 1 rings (SSSR count). The molecule has 0 radical (unpaired) electrons. The number of aliphatic carboxylic acids is 1. The molecule has 15 N–H and O–H groups in total. The number of likely N-dealkylation sites (tertiary alicyclic amines) is 1. The second kappa shape index (κ2) is 30.3. The molecule has 0 saturated carbocycles. The van der Waals surface area contributed by atoms with Gasteiger partial charge in [0.15, 0.2) is 5.96 Å². The van der Waals surface area contributed by atoms with Crippen LogP contribution in [0.5, 0.6) is 0 Å². The molecular weight excluding hydrogens is 875 g/mol. The van der Waals surface area contributed by atoms with Crippen LogP contribution in [0.3, 0.4) is 0 Å². The average molecular weight is 952 g/mol. The van der Waals surface area contributed by atoms with E-state index in [0.717, 1.165) is 0 Å². The van der Waals surface area contributed by atoms with E-state index in [1.807, 2.05) is 20.8 Å². The van der Waals surface area contributed by atoms with Crippen molar-refractivity contribution >= 4 is 65.1 Å². The van der Waals surface area contributed by atoms with Crippen molar-refractivity contribution in [2.45, 2.75) is 143 Å². The number of carboxylic acid groups (broad SMARTS) is 1. The van der Waals surface area contributed by atoms with Gasteiger partial charge in [0, 0.05) is 13.1 Å². The van der Waals surface area contributed by atoms with E-state index in [1.54, 1.807) is 34.6 Å². The molecule has 0 aromatic heterocycles. The summed E-state index contributed by atoms with van der Waals surface area (Å²) in [7, 11) is 0. The number of carbonyl (C=O) groups excluding carboxylic acids is 9. The third kappa shape index (κ3) is 20.1. The molecule has 1 heterocycles. The number of aliphatic imine (C=N–C) groups is 1. The SMILES string of the molecule is CC[C@H](C)[C@H](NC(=O)[C@@H](NC(=O)[C@@H](NC(=O)[C@@H](NC(=O)[C@@H]1CCCN1C(=O)[C@H](CCCN=C(N)N)NC(=O)CNC(=O)CN)[C@@H](C)CC)[C@@H](C)CC)[C@@H](C)CC)C(=O)NCC(=O)NCC(=O)O. The van der Waals surface area contributed by atoms with Gasteiger partial charge in [0.25, 0.3) is 0 Å². The highest BCUT2D eigenvalue weighted by atomic mass is 16.4. The monoisotopic (exact) mass is 952 g/mol. The third-order valence-electron chi connectivity index (χ3n) is 12.1. The summed E-state index contributed by atoms with van der Waals surface area (Å²) in [5.41, 5.74) is 16.2. The number of nitrogens with one attached hydrogen (secondary N) is 8. The molecule has 0 aromatic rings. The van der Waals surface area contributed by atoms with E-state index in [9.17, 15) is 47.9 Å². The molecule has 1 saturated heterocycles. The van der Waals surface area contributed by atoms with Crippen LogP contribution < -0.4 is 59.7 Å². The first-order chi connectivity index (χ1) is 31.6. The van der Waals surface area contributed by atoms with Gasteiger partial charge in [-0.1, -0.05) is 81.1 Å². The van der Waals surface area contributed by atoms with Crippen LogP contribution in [0.4, 0.5) is 0 Å². The summed E-state index contributed by atoms with van der Waals surface area (Å²) in [4.78, 5) is 136. The molecule has 9 amide bonds. The molecule has 0 bridgehead atoms. The lowest BCUT2D eigenvalue weighted by atomic mass is 9.92. The third-order valence-corrected chi connectivity index (χ3v) is 12.1. The molecule has 24 heteroatoms. The minimum atomic E-state index is -1.26. The van der Waals surface area contributed by atoms with Crippen LogP contribution in [0.1, 0.15) is 107 Å². The Morgan fingerprint density at radius 2 is 1.06 bits per heavy atom. The average Bonchev–Trinajstić information content (AvgIpc) is 3.80. The van der Waals surface area contributed by atoms with Crippen LogP contribution in [0.25, 0.3) is 0 Å². The number of carboxylic acids is 1. The van der Waals surface area contributed by atoms with Crippen molar-refractivity contribution in [2.24, 2.45) is 45.9 Å². The molecular formula is C43H77N13O11. The van der Waals surface area contributed by atoms with E-state index in [-0.39, 0.29) is 44.9 Å². The number of nitrogens with two attached hydrogens (primary N) is 3. The van der Waals surface area contributed by atoms with E-state index < -0.39 is 139 Å². The van der Waals surface area contributed by atoms with Gasteiger partial charge in [-0.05, 0) is 49.4 Å². The Balaban J connectivity index is 3.34. The van der Waals surface area contributed by atoms with Gasteiger partial charge in [0.05, 0.1) is 19.6 Å². The molecule has 1 aliphatic heterocycles. The largest absolute Gasteiger partial charge is 0.480 e. The second-order valence-electron chi connectivity index (χ2n) is 17.1. The van der Waals surface area contributed by atoms with Gasteiger partial charge >= 0.3 is 5.97 Å². The first-order valence-corrected chi connectivity index (χ1v) is 23.2. The van der Waals surface area contributed by atoms with Crippen LogP contribution in [0, 0.1) is 23.7 Å². The minimum Gasteiger partial charge on any atom is -0.480 e. The zero-order valence-electron chi connectivity index (χ0n) is 40.3. The normalized spacial score (nSPS) is 17.3. The predicted molar refractivity (Wildman–Crippen MR) is 248 cm³/mol. The summed E-state index contributed by atoms with van der Waals surface area (Å²) in [5, 5.41) is 29.5. The van der Waals surface area contributed by atoms with E-state index in [2.05, 4.69) is 47.5 Å². The first-order valence-electron chi connectivity index (χ1n) is 23.2. The summed E-state index contributed by atoms with van der Waals surface area (Å²) in [6.45, 7) is 12.6. The van der Waals surface area contributed by atoms with E-state index in [0.29, 0.717) is 32.1 Å². The Hall–Kier alpha value is -6.07. The first kappa shape index (κ1) is 58.9. The fraction of sp³-hybridized carbons (Fsp3) is 0.744. The van der Waals surface area contributed by atoms with Crippen molar-refractivity contribution in [3.8, 4) is 0 Å². The number of nitrogens with zero attached hydrogens (tertiary/aromatic N) is 2. The van der Waals surface area contributed by atoms with Crippen molar-refractivity contribution in [1.82, 2.24) is 47.4 Å². The molecule has 1 aliphatic rings. The van der Waals surface area contributed by atoms with Crippen molar-refractivity contribution in [3.05, 3.63) is 0 Å². The molecule has 24 nitrogen and oxygen atoms in total. The molecule has 0 spiro atoms. The van der Waals surface area contributed by atoms with Crippen LogP contribution in [0.15, 0.2) is 4.99 Å². The summed E-state index contributed by atoms with van der Waals surface area (Å²) < 4.78 is 0. The number of amides is 9. The van der Waals surface area contributed by atoms with Gasteiger partial charge in [-0.25, -0.2) is 0 Å². The Morgan fingerprint density at radius 1 is 0.612 bits per heavy atom. The van der Waals surface area contributed by atoms with Gasteiger partial charge in [0.1, 0.15) is 42.8 Å². The maximum absolute atomic E-state index is 14.2. The van der Waals surface area contributed by atoms with Crippen molar-refractivity contribution in [2.75, 3.05) is 39.3 Å². The van der Waals surface area contributed by atoms with Crippen molar-refractivity contribution < 1.29 is 53.1 Å². The highest BCUT2D eigenvalue weighted by Gasteiger charge is 2.41. The fourth-order valence-electron chi connectivity index (χ4n) is 7.06. The maximum atomic E-state index is 14.2. The molecule has 0 aliphatic carbocycles. The summed E-state index contributed by atoms with van der Waals surface area (Å²) in [5.74, 6) is -9.08. The lowest BCUT2D eigenvalue weighted by molar-refractivity contribution is -0.142. The molecule has 1 fully saturated rings. The molecule has 10 atom stereocenters. The highest BCUT2D eigenvalue weighted by molar-refractivity contribution is 5.98. The Kier molecular flexibility index (Phi) is 26.6. The molecule has 0 unspecified atom stereocenters. The van der Waals surface area contributed by atoms with Gasteiger partial charge < -0.3 is 69.7 Å². The molecule has 380 valence electrons. The van der Waals surface area contributed by atoms with E-state index >= 15 is 0 Å². The smallest absolute Gasteiger partial charge is 0.322 e. The Labute approximate surface area is 393 Å². The fourth-order valence-corrected chi connectivity index (χ4v) is 7.06. The number of hydrogen-bond donors (Lipinski definition) is 12. The van der Waals surface area contributed by atoms with Crippen molar-refractivity contribution in [3.63, 3.8) is 0 Å². The van der Waals surface area contributed by atoms with Crippen LogP contribution in [0.2, 0.25) is 0 Å². The number of guanidine groups is 1. The predicted octanol–water partition coefficient (Wildman–Crippen LogP) is -2.97. The zero-order valence-corrected chi connectivity index (χ0v) is 40.3. The van der Waals surface area contributed by atoms with Gasteiger partial charge in [-0.2, -0.15) is 0 Å². The van der Waals surface area contributed by atoms with Crippen LogP contribution >= 0.6 is 0 Å². The Morgan fingerprint density at radius 3 is 1.51 bits per heavy atom. The molecule has 0 aromatic carbocycles. The number of rotatable bonds is 30. The number of hydrogen-bond acceptors (Lipinski definition) is 12. The quantitative estimate of drug-likeness (QED) is 0.0195. The lowest BCUT2D eigenvalue weighted by Gasteiger charge is -2.33. The topological polar surface area (TPSA) is 381 Å². The maximum Gasteiger partial charge on any atom is 0.322 e. The zero-order chi connectivity index (χ0) is 51.0. The van der Waals surface area contributed by atoms with Gasteiger partial charge in [-0.15, -0.1) is 0 Å². The second-order valence-corrected chi connectivity index (χ2v) is 17.1. The van der Waals surface area contributed by atoms with Crippen LogP contribution in [-0.4, -0.2) is 151 Å². The highest BCUT2D eigenvalue weighted by Crippen LogP contribution is 2.22. The summed E-state index contributed by atoms with van der Waals surface area (Å²) >= 11 is 0. The van der Waals surface area contributed by atoms with Gasteiger partial charge in [0.2, 0.25) is 53.2 Å². The Bertz CT molecular complexity index is 1740. The summed E-state index contributed by atoms with van der Waals surface area (Å²) in [6, 6.07) is -6.76. The van der Waals surface area contributed by atoms with Crippen LogP contribution in [-0.2, 0) is 47.9 Å². The summed E-state index contributed by atoms with van der Waals surface area (Å²) in [6.07, 6.45) is 2.83. The van der Waals surface area contributed by atoms with E-state index in [4.69, 9.17) is 22.3 Å². The van der Waals surface area contributed by atoms with Crippen molar-refractivity contribution in [1.29, 1.82) is 0 Å². The number of carbonyl (C=O) groups is 10. The standard InChI is InChI=1S/C43H77N13O11/c1-9-23(5)33(38(63)50-20-30(58)49-22-32(60)61)53-40(65)35(25(7)11-3)55-41(66)36(26(8)12-4)54-39(64)34(24(6)10-2)52-37(62)28-16-14-18-56(28)42(67)27(15-13-17-47-43(45)46)51-31(59)21-48-29(57)19-44/h23-28,33-36H,9-22,44H2,1-8H3,(H,48,57)(H,49,58)(H,50,63)(H,51,59)(H,52,62)(H,53,65)(H,54,64)(H,55,66)(H,60,61)(H4,45,46,47)/t23-,24-,25-,26-,27-,28-,33-,34-,35-,36-/m0/s1. The van der Waals surface area contributed by atoms with E-state index in [1.165, 1.54) is 4.90 Å². The van der Waals surface area contributed by atoms with Gasteiger partial charge in [-0.3, -0.25) is 52.9 Å². The lowest BCUT2D eigenvalue weighted by Crippen LogP contribution is -2.62. The molecule has 67 heavy (non-hydrogen) atoms.